The van der Waals surface area contributed by atoms with Crippen molar-refractivity contribution in [2.75, 3.05) is 13.1 Å². The van der Waals surface area contributed by atoms with Gasteiger partial charge in [-0.3, -0.25) is 9.69 Å². The largest absolute Gasteiger partial charge is 0.485 e. The van der Waals surface area contributed by atoms with Gasteiger partial charge in [-0.25, -0.2) is 0 Å². The van der Waals surface area contributed by atoms with E-state index in [-0.39, 0.29) is 11.4 Å². The number of benzene rings is 1. The number of rotatable bonds is 1. The molecule has 2 aliphatic heterocycles. The summed E-state index contributed by atoms with van der Waals surface area (Å²) in [6.07, 6.45) is 1.47. The molecule has 0 amide bonds. The highest BCUT2D eigenvalue weighted by Crippen LogP contribution is 2.38. The normalized spacial score (nSPS) is 27.6. The Morgan fingerprint density at radius 2 is 2.11 bits per heavy atom. The molecule has 2 heterocycles. The molecule has 1 aromatic carbocycles. The van der Waals surface area contributed by atoms with Gasteiger partial charge in [0.25, 0.3) is 0 Å². The summed E-state index contributed by atoms with van der Waals surface area (Å²) < 4.78 is 6.17. The van der Waals surface area contributed by atoms with Gasteiger partial charge in [-0.2, -0.15) is 0 Å². The summed E-state index contributed by atoms with van der Waals surface area (Å²) in [6, 6.07) is 8.11. The lowest BCUT2D eigenvalue weighted by atomic mass is 9.89. The summed E-state index contributed by atoms with van der Waals surface area (Å²) in [5.74, 6) is 0.988. The minimum atomic E-state index is -0.282. The molecule has 0 bridgehead atoms. The summed E-state index contributed by atoms with van der Waals surface area (Å²) in [5, 5.41) is 0. The number of hydrogen-bond donors (Lipinski definition) is 0. The number of ether oxygens (including phenoxy) is 1. The van der Waals surface area contributed by atoms with Gasteiger partial charge in [0, 0.05) is 25.6 Å². The molecule has 1 fully saturated rings. The SMILES string of the molecule is CC(C)N1CCC2(CC(=O)c3ccccc3O2)C1. The van der Waals surface area contributed by atoms with Gasteiger partial charge < -0.3 is 4.74 Å². The molecular weight excluding hydrogens is 226 g/mol. The van der Waals surface area contributed by atoms with Crippen LogP contribution >= 0.6 is 0 Å². The molecule has 3 nitrogen and oxygen atoms in total. The van der Waals surface area contributed by atoms with Crippen LogP contribution in [-0.2, 0) is 0 Å². The van der Waals surface area contributed by atoms with Crippen LogP contribution in [-0.4, -0.2) is 35.4 Å². The van der Waals surface area contributed by atoms with Crippen LogP contribution in [0.25, 0.3) is 0 Å². The lowest BCUT2D eigenvalue weighted by Gasteiger charge is -2.35. The second kappa shape index (κ2) is 4.09. The van der Waals surface area contributed by atoms with Crippen molar-refractivity contribution in [1.29, 1.82) is 0 Å². The monoisotopic (exact) mass is 245 g/mol. The van der Waals surface area contributed by atoms with E-state index in [2.05, 4.69) is 18.7 Å². The Morgan fingerprint density at radius 3 is 2.83 bits per heavy atom. The predicted molar refractivity (Wildman–Crippen MR) is 70.1 cm³/mol. The first kappa shape index (κ1) is 11.7. The molecule has 0 aliphatic carbocycles. The molecular formula is C15H19NO2. The van der Waals surface area contributed by atoms with Gasteiger partial charge in [0.1, 0.15) is 11.4 Å². The second-order valence-corrected chi connectivity index (χ2v) is 5.70. The maximum atomic E-state index is 12.2. The van der Waals surface area contributed by atoms with Crippen molar-refractivity contribution in [2.24, 2.45) is 0 Å². The highest BCUT2D eigenvalue weighted by Gasteiger charge is 2.45. The highest BCUT2D eigenvalue weighted by molar-refractivity contribution is 6.00. The van der Waals surface area contributed by atoms with Crippen molar-refractivity contribution in [2.45, 2.75) is 38.3 Å². The van der Waals surface area contributed by atoms with Crippen LogP contribution in [0.4, 0.5) is 0 Å². The van der Waals surface area contributed by atoms with Crippen LogP contribution in [0, 0.1) is 0 Å². The van der Waals surface area contributed by atoms with Gasteiger partial charge in [-0.05, 0) is 26.0 Å². The lowest BCUT2D eigenvalue weighted by molar-refractivity contribution is 0.0438. The third-order valence-corrected chi connectivity index (χ3v) is 4.07. The minimum Gasteiger partial charge on any atom is -0.485 e. The number of hydrogen-bond acceptors (Lipinski definition) is 3. The summed E-state index contributed by atoms with van der Waals surface area (Å²) in [6.45, 7) is 6.27. The van der Waals surface area contributed by atoms with E-state index >= 15 is 0 Å². The Bertz CT molecular complexity index is 483. The molecule has 1 aromatic rings. The molecule has 1 saturated heterocycles. The Morgan fingerprint density at radius 1 is 1.33 bits per heavy atom. The van der Waals surface area contributed by atoms with Gasteiger partial charge in [-0.1, -0.05) is 12.1 Å². The minimum absolute atomic E-state index is 0.224. The van der Waals surface area contributed by atoms with Crippen LogP contribution < -0.4 is 4.74 Å². The number of ketones is 1. The lowest BCUT2D eigenvalue weighted by Crippen LogP contribution is -2.45. The van der Waals surface area contributed by atoms with Crippen LogP contribution in [0.5, 0.6) is 5.75 Å². The van der Waals surface area contributed by atoms with Gasteiger partial charge in [0.15, 0.2) is 5.78 Å². The molecule has 1 spiro atoms. The topological polar surface area (TPSA) is 29.5 Å². The van der Waals surface area contributed by atoms with E-state index in [1.807, 2.05) is 24.3 Å². The molecule has 0 saturated carbocycles. The van der Waals surface area contributed by atoms with Crippen molar-refractivity contribution in [1.82, 2.24) is 4.90 Å². The smallest absolute Gasteiger partial charge is 0.170 e. The summed E-state index contributed by atoms with van der Waals surface area (Å²) in [5.41, 5.74) is 0.460. The first-order chi connectivity index (χ1) is 8.60. The first-order valence-corrected chi connectivity index (χ1v) is 6.65. The van der Waals surface area contributed by atoms with Gasteiger partial charge in [-0.15, -0.1) is 0 Å². The number of carbonyl (C=O) groups is 1. The molecule has 0 aromatic heterocycles. The Kier molecular flexibility index (Phi) is 2.67. The fourth-order valence-electron chi connectivity index (χ4n) is 2.99. The van der Waals surface area contributed by atoms with E-state index in [0.717, 1.165) is 30.8 Å². The fraction of sp³-hybridized carbons (Fsp3) is 0.533. The van der Waals surface area contributed by atoms with E-state index in [0.29, 0.717) is 12.5 Å². The van der Waals surface area contributed by atoms with E-state index in [1.54, 1.807) is 0 Å². The predicted octanol–water partition coefficient (Wildman–Crippen LogP) is 2.50. The van der Waals surface area contributed by atoms with Crippen LogP contribution in [0.2, 0.25) is 0 Å². The molecule has 2 aliphatic rings. The summed E-state index contributed by atoms with van der Waals surface area (Å²) >= 11 is 0. The highest BCUT2D eigenvalue weighted by atomic mass is 16.5. The molecule has 0 N–H and O–H groups in total. The third kappa shape index (κ3) is 1.83. The van der Waals surface area contributed by atoms with Crippen LogP contribution in [0.3, 0.4) is 0 Å². The standard InChI is InChI=1S/C15H19NO2/c1-11(2)16-8-7-15(10-16)9-13(17)12-5-3-4-6-14(12)18-15/h3-6,11H,7-10H2,1-2H3. The van der Waals surface area contributed by atoms with Crippen molar-refractivity contribution >= 4 is 5.78 Å². The second-order valence-electron chi connectivity index (χ2n) is 5.70. The van der Waals surface area contributed by atoms with Crippen molar-refractivity contribution in [3.63, 3.8) is 0 Å². The van der Waals surface area contributed by atoms with Gasteiger partial charge >= 0.3 is 0 Å². The average molecular weight is 245 g/mol. The van der Waals surface area contributed by atoms with Gasteiger partial charge in [0.2, 0.25) is 0 Å². The molecule has 96 valence electrons. The molecule has 1 unspecified atom stereocenters. The zero-order valence-corrected chi connectivity index (χ0v) is 11.0. The number of fused-ring (bicyclic) bond motifs is 1. The summed E-state index contributed by atoms with van der Waals surface area (Å²) in [7, 11) is 0. The maximum Gasteiger partial charge on any atom is 0.170 e. The molecule has 1 atom stereocenters. The molecule has 0 radical (unpaired) electrons. The third-order valence-electron chi connectivity index (χ3n) is 4.07. The van der Waals surface area contributed by atoms with Crippen LogP contribution in [0.15, 0.2) is 24.3 Å². The van der Waals surface area contributed by atoms with Crippen molar-refractivity contribution in [3.05, 3.63) is 29.8 Å². The summed E-state index contributed by atoms with van der Waals surface area (Å²) in [4.78, 5) is 14.6. The van der Waals surface area contributed by atoms with Gasteiger partial charge in [0.05, 0.1) is 12.0 Å². The van der Waals surface area contributed by atoms with Crippen LogP contribution in [0.1, 0.15) is 37.0 Å². The van der Waals surface area contributed by atoms with E-state index in [1.165, 1.54) is 0 Å². The zero-order valence-electron chi connectivity index (χ0n) is 11.0. The average Bonchev–Trinajstić information content (AvgIpc) is 2.73. The molecule has 3 heteroatoms. The van der Waals surface area contributed by atoms with Crippen molar-refractivity contribution in [3.8, 4) is 5.75 Å². The molecule has 18 heavy (non-hydrogen) atoms. The van der Waals surface area contributed by atoms with E-state index in [9.17, 15) is 4.79 Å². The van der Waals surface area contributed by atoms with E-state index in [4.69, 9.17) is 4.74 Å². The van der Waals surface area contributed by atoms with Crippen molar-refractivity contribution < 1.29 is 9.53 Å². The Labute approximate surface area is 108 Å². The quantitative estimate of drug-likeness (QED) is 0.761. The number of Topliss-reactive ketones (excluding diaryl/α,β-unsaturated/α-hetero) is 1. The van der Waals surface area contributed by atoms with E-state index < -0.39 is 0 Å². The molecule has 3 rings (SSSR count). The maximum absolute atomic E-state index is 12.2. The number of para-hydroxylation sites is 1. The number of carbonyl (C=O) groups excluding carboxylic acids is 1. The first-order valence-electron chi connectivity index (χ1n) is 6.65. The number of likely N-dealkylation sites (tertiary alicyclic amines) is 1. The fourth-order valence-corrected chi connectivity index (χ4v) is 2.99. The Balaban J connectivity index is 1.88. The zero-order chi connectivity index (χ0) is 12.8. The number of nitrogens with zero attached hydrogens (tertiary/aromatic N) is 1. The Hall–Kier alpha value is -1.35.